The van der Waals surface area contributed by atoms with Crippen LogP contribution in [0.3, 0.4) is 0 Å². The van der Waals surface area contributed by atoms with Crippen molar-refractivity contribution in [3.8, 4) is 17.0 Å². The van der Waals surface area contributed by atoms with Crippen molar-refractivity contribution in [3.63, 3.8) is 0 Å². The number of thiazole rings is 1. The van der Waals surface area contributed by atoms with Crippen molar-refractivity contribution < 1.29 is 9.53 Å². The van der Waals surface area contributed by atoms with Gasteiger partial charge in [-0.3, -0.25) is 9.20 Å². The molecule has 29 heavy (non-hydrogen) atoms. The van der Waals surface area contributed by atoms with Gasteiger partial charge in [0.15, 0.2) is 4.96 Å². The molecule has 0 bridgehead atoms. The molecule has 0 spiro atoms. The van der Waals surface area contributed by atoms with Crippen LogP contribution in [-0.4, -0.2) is 22.4 Å². The van der Waals surface area contributed by atoms with Gasteiger partial charge in [0.2, 0.25) is 5.91 Å². The molecule has 0 fully saturated rings. The Bertz CT molecular complexity index is 1150. The fourth-order valence-electron chi connectivity index (χ4n) is 2.95. The predicted octanol–water partition coefficient (Wildman–Crippen LogP) is 5.64. The number of aryl methyl sites for hydroxylation is 1. The zero-order chi connectivity index (χ0) is 19.7. The quantitative estimate of drug-likeness (QED) is 0.430. The Morgan fingerprint density at radius 3 is 2.72 bits per heavy atom. The highest BCUT2D eigenvalue weighted by atomic mass is 35.5. The molecule has 0 aliphatic rings. The number of methoxy groups -OCH3 is 1. The number of amides is 1. The SMILES string of the molecule is COc1ccc(-c2cn3c(CC(=O)Nc4cc(Cl)ccc4C)csc3n2)cc1.Cl. The van der Waals surface area contributed by atoms with E-state index < -0.39 is 0 Å². The van der Waals surface area contributed by atoms with E-state index in [0.717, 1.165) is 38.9 Å². The molecule has 150 valence electrons. The molecule has 0 radical (unpaired) electrons. The first-order valence-electron chi connectivity index (χ1n) is 8.69. The molecule has 4 aromatic rings. The van der Waals surface area contributed by atoms with Gasteiger partial charge in [-0.15, -0.1) is 23.7 Å². The van der Waals surface area contributed by atoms with Crippen LogP contribution in [0, 0.1) is 6.92 Å². The summed E-state index contributed by atoms with van der Waals surface area (Å²) in [4.78, 5) is 18.1. The second kappa shape index (κ2) is 8.86. The third-order valence-corrected chi connectivity index (χ3v) is 5.61. The Labute approximate surface area is 183 Å². The van der Waals surface area contributed by atoms with Crippen molar-refractivity contribution in [1.82, 2.24) is 9.38 Å². The molecule has 1 N–H and O–H groups in total. The smallest absolute Gasteiger partial charge is 0.230 e. The Morgan fingerprint density at radius 1 is 1.24 bits per heavy atom. The lowest BCUT2D eigenvalue weighted by Gasteiger charge is -2.08. The summed E-state index contributed by atoms with van der Waals surface area (Å²) in [6, 6.07) is 13.2. The molecule has 0 atom stereocenters. The summed E-state index contributed by atoms with van der Waals surface area (Å²) in [7, 11) is 1.64. The number of nitrogens with one attached hydrogen (secondary N) is 1. The van der Waals surface area contributed by atoms with E-state index in [1.54, 1.807) is 19.2 Å². The minimum atomic E-state index is -0.0928. The molecule has 5 nitrogen and oxygen atoms in total. The van der Waals surface area contributed by atoms with Crippen LogP contribution in [0.2, 0.25) is 5.02 Å². The molecule has 2 aromatic carbocycles. The molecule has 1 amide bonds. The summed E-state index contributed by atoms with van der Waals surface area (Å²) < 4.78 is 7.17. The number of carbonyl (C=O) groups is 1. The van der Waals surface area contributed by atoms with Gasteiger partial charge in [-0.1, -0.05) is 17.7 Å². The molecule has 0 saturated heterocycles. The minimum Gasteiger partial charge on any atom is -0.497 e. The van der Waals surface area contributed by atoms with E-state index in [1.807, 2.05) is 53.2 Å². The summed E-state index contributed by atoms with van der Waals surface area (Å²) in [5.74, 6) is 0.711. The van der Waals surface area contributed by atoms with Crippen LogP contribution in [0.1, 0.15) is 11.3 Å². The van der Waals surface area contributed by atoms with Gasteiger partial charge in [0, 0.05) is 33.5 Å². The molecule has 0 aliphatic carbocycles. The van der Waals surface area contributed by atoms with Gasteiger partial charge in [-0.25, -0.2) is 4.98 Å². The number of rotatable bonds is 5. The fraction of sp³-hybridized carbons (Fsp3) is 0.143. The molecule has 0 saturated carbocycles. The van der Waals surface area contributed by atoms with E-state index in [2.05, 4.69) is 10.3 Å². The monoisotopic (exact) mass is 447 g/mol. The average molecular weight is 448 g/mol. The number of carbonyl (C=O) groups excluding carboxylic acids is 1. The molecule has 2 heterocycles. The summed E-state index contributed by atoms with van der Waals surface area (Å²) in [5, 5.41) is 5.50. The van der Waals surface area contributed by atoms with Crippen molar-refractivity contribution in [2.45, 2.75) is 13.3 Å². The van der Waals surface area contributed by atoms with Crippen LogP contribution in [0.5, 0.6) is 5.75 Å². The average Bonchev–Trinajstić information content (AvgIpc) is 3.27. The lowest BCUT2D eigenvalue weighted by molar-refractivity contribution is -0.115. The topological polar surface area (TPSA) is 55.6 Å². The van der Waals surface area contributed by atoms with Crippen LogP contribution in [0.4, 0.5) is 5.69 Å². The van der Waals surface area contributed by atoms with Gasteiger partial charge >= 0.3 is 0 Å². The first-order valence-corrected chi connectivity index (χ1v) is 9.95. The highest BCUT2D eigenvalue weighted by Crippen LogP contribution is 2.26. The molecule has 2 aromatic heterocycles. The van der Waals surface area contributed by atoms with Gasteiger partial charge < -0.3 is 10.1 Å². The van der Waals surface area contributed by atoms with Crippen LogP contribution >= 0.6 is 35.3 Å². The van der Waals surface area contributed by atoms with Crippen molar-refractivity contribution in [2.75, 3.05) is 12.4 Å². The molecule has 0 unspecified atom stereocenters. The molecule has 0 aliphatic heterocycles. The van der Waals surface area contributed by atoms with E-state index in [-0.39, 0.29) is 24.7 Å². The first kappa shape index (κ1) is 21.2. The third-order valence-electron chi connectivity index (χ3n) is 4.48. The fourth-order valence-corrected chi connectivity index (χ4v) is 3.99. The zero-order valence-electron chi connectivity index (χ0n) is 15.8. The number of fused-ring (bicyclic) bond motifs is 1. The lowest BCUT2D eigenvalue weighted by atomic mass is 10.1. The van der Waals surface area contributed by atoms with E-state index in [4.69, 9.17) is 16.3 Å². The second-order valence-corrected chi connectivity index (χ2v) is 7.69. The maximum Gasteiger partial charge on any atom is 0.230 e. The van der Waals surface area contributed by atoms with Crippen LogP contribution in [0.25, 0.3) is 16.2 Å². The molecular weight excluding hydrogens is 429 g/mol. The van der Waals surface area contributed by atoms with Gasteiger partial charge in [-0.05, 0) is 48.9 Å². The number of anilines is 1. The summed E-state index contributed by atoms with van der Waals surface area (Å²) in [5.41, 5.74) is 4.46. The van der Waals surface area contributed by atoms with E-state index in [1.165, 1.54) is 11.3 Å². The Balaban J connectivity index is 0.00000240. The number of imidazole rings is 1. The van der Waals surface area contributed by atoms with Crippen molar-refractivity contribution in [1.29, 1.82) is 0 Å². The predicted molar refractivity (Wildman–Crippen MR) is 121 cm³/mol. The third kappa shape index (κ3) is 4.56. The number of halogens is 2. The first-order chi connectivity index (χ1) is 13.5. The number of hydrogen-bond donors (Lipinski definition) is 1. The highest BCUT2D eigenvalue weighted by Gasteiger charge is 2.13. The molecular formula is C21H19Cl2N3O2S. The largest absolute Gasteiger partial charge is 0.497 e. The molecule has 4 rings (SSSR count). The Hall–Kier alpha value is -2.54. The summed E-state index contributed by atoms with van der Waals surface area (Å²) in [6.45, 7) is 1.94. The summed E-state index contributed by atoms with van der Waals surface area (Å²) >= 11 is 7.55. The van der Waals surface area contributed by atoms with Crippen molar-refractivity contribution >= 4 is 51.9 Å². The standard InChI is InChI=1S/C21H18ClN3O2S.ClH/c1-13-3-6-15(22)9-18(13)23-20(26)10-16-12-28-21-24-19(11-25(16)21)14-4-7-17(27-2)8-5-14;/h3-9,11-12H,10H2,1-2H3,(H,23,26);1H. The molecule has 8 heteroatoms. The maximum atomic E-state index is 12.5. The van der Waals surface area contributed by atoms with Crippen molar-refractivity contribution in [2.24, 2.45) is 0 Å². The normalized spacial score (nSPS) is 10.6. The summed E-state index contributed by atoms with van der Waals surface area (Å²) in [6.07, 6.45) is 2.21. The van der Waals surface area contributed by atoms with Gasteiger partial charge in [0.25, 0.3) is 0 Å². The van der Waals surface area contributed by atoms with Gasteiger partial charge in [-0.2, -0.15) is 0 Å². The number of benzene rings is 2. The lowest BCUT2D eigenvalue weighted by Crippen LogP contribution is -2.16. The van der Waals surface area contributed by atoms with Crippen LogP contribution in [0.15, 0.2) is 54.0 Å². The van der Waals surface area contributed by atoms with E-state index in [9.17, 15) is 4.79 Å². The van der Waals surface area contributed by atoms with Gasteiger partial charge in [0.05, 0.1) is 19.2 Å². The minimum absolute atomic E-state index is 0. The highest BCUT2D eigenvalue weighted by molar-refractivity contribution is 7.15. The number of ether oxygens (including phenoxy) is 1. The Morgan fingerprint density at radius 2 is 2.00 bits per heavy atom. The maximum absolute atomic E-state index is 12.5. The number of nitrogens with zero attached hydrogens (tertiary/aromatic N) is 2. The van der Waals surface area contributed by atoms with Gasteiger partial charge in [0.1, 0.15) is 5.75 Å². The van der Waals surface area contributed by atoms with E-state index in [0.29, 0.717) is 5.02 Å². The number of hydrogen-bond acceptors (Lipinski definition) is 4. The van der Waals surface area contributed by atoms with Crippen LogP contribution < -0.4 is 10.1 Å². The zero-order valence-corrected chi connectivity index (χ0v) is 18.2. The number of aromatic nitrogens is 2. The Kier molecular flexibility index (Phi) is 6.47. The van der Waals surface area contributed by atoms with Crippen molar-refractivity contribution in [3.05, 3.63) is 70.3 Å². The van der Waals surface area contributed by atoms with E-state index >= 15 is 0 Å². The van der Waals surface area contributed by atoms with Crippen LogP contribution in [-0.2, 0) is 11.2 Å². The second-order valence-electron chi connectivity index (χ2n) is 6.42.